The molecule has 1 aromatic carbocycles. The van der Waals surface area contributed by atoms with E-state index >= 15 is 0 Å². The Morgan fingerprint density at radius 3 is 1.71 bits per heavy atom. The van der Waals surface area contributed by atoms with E-state index in [1.807, 2.05) is 0 Å². The Bertz CT molecular complexity index is 423. The van der Waals surface area contributed by atoms with Crippen molar-refractivity contribution in [2.75, 3.05) is 6.26 Å². The number of hydrogen-bond donors (Lipinski definition) is 0. The van der Waals surface area contributed by atoms with Gasteiger partial charge in [-0.1, -0.05) is 0 Å². The van der Waals surface area contributed by atoms with Crippen LogP contribution < -0.4 is 0 Å². The van der Waals surface area contributed by atoms with Crippen molar-refractivity contribution in [3.63, 3.8) is 0 Å². The average molecular weight is 386 g/mol. The largest absolute Gasteiger partial charge is 0.417 e. The molecule has 0 unspecified atom stereocenters. The van der Waals surface area contributed by atoms with E-state index in [-0.39, 0.29) is 0 Å². The van der Waals surface area contributed by atoms with E-state index in [2.05, 4.69) is 0 Å². The van der Waals surface area contributed by atoms with Crippen LogP contribution in [-0.4, -0.2) is 6.26 Å². The van der Waals surface area contributed by atoms with Crippen LogP contribution in [0.25, 0.3) is 0 Å². The van der Waals surface area contributed by atoms with Crippen molar-refractivity contribution < 1.29 is 26.3 Å². The monoisotopic (exact) mass is 386 g/mol. The summed E-state index contributed by atoms with van der Waals surface area (Å²) in [7, 11) is 0. The fourth-order valence-electron chi connectivity index (χ4n) is 1.20. The van der Waals surface area contributed by atoms with Gasteiger partial charge in [0.25, 0.3) is 0 Å². The number of thioether (sulfide) groups is 1. The first kappa shape index (κ1) is 14.9. The van der Waals surface area contributed by atoms with Gasteiger partial charge in [0.15, 0.2) is 0 Å². The Morgan fingerprint density at radius 1 is 0.941 bits per heavy atom. The molecule has 0 N–H and O–H groups in total. The quantitative estimate of drug-likeness (QED) is 0.370. The molecule has 0 aliphatic rings. The third-order valence-electron chi connectivity index (χ3n) is 1.91. The summed E-state index contributed by atoms with van der Waals surface area (Å²) in [5, 5.41) is 0. The van der Waals surface area contributed by atoms with Gasteiger partial charge in [0.1, 0.15) is 0 Å². The van der Waals surface area contributed by atoms with E-state index in [0.29, 0.717) is 23.9 Å². The summed E-state index contributed by atoms with van der Waals surface area (Å²) < 4.78 is 74.7. The lowest BCUT2D eigenvalue weighted by atomic mass is 10.1. The average Bonchev–Trinajstić information content (AvgIpc) is 2.13. The molecule has 1 rings (SSSR count). The molecular weight excluding hydrogens is 381 g/mol. The van der Waals surface area contributed by atoms with Gasteiger partial charge in [-0.2, -0.15) is 26.3 Å². The Hall–Kier alpha value is -0.120. The highest BCUT2D eigenvalue weighted by atomic mass is 127. The van der Waals surface area contributed by atoms with Gasteiger partial charge in [-0.3, -0.25) is 0 Å². The van der Waals surface area contributed by atoms with Crippen LogP contribution in [-0.2, 0) is 12.4 Å². The molecule has 0 spiro atoms. The van der Waals surface area contributed by atoms with Crippen molar-refractivity contribution in [2.24, 2.45) is 0 Å². The molecule has 1 aromatic rings. The zero-order valence-electron chi connectivity index (χ0n) is 8.21. The highest BCUT2D eigenvalue weighted by Gasteiger charge is 2.39. The van der Waals surface area contributed by atoms with E-state index in [1.165, 1.54) is 28.8 Å². The first-order chi connectivity index (χ1) is 7.59. The lowest BCUT2D eigenvalue weighted by Gasteiger charge is -2.17. The molecular formula is C9H5F6IS. The second-order valence-electron chi connectivity index (χ2n) is 3.00. The Kier molecular flexibility index (Phi) is 4.28. The van der Waals surface area contributed by atoms with Crippen LogP contribution >= 0.6 is 34.4 Å². The van der Waals surface area contributed by atoms with E-state index in [0.717, 1.165) is 0 Å². The molecule has 0 nitrogen and oxygen atoms in total. The molecule has 0 radical (unpaired) electrons. The van der Waals surface area contributed by atoms with Gasteiger partial charge < -0.3 is 0 Å². The standard InChI is InChI=1S/C9H5F6IS/c1-17-7-5(9(13,14)15)3-2-4(6(7)16)8(10,11)12/h2-3H,1H3. The Balaban J connectivity index is 3.49. The van der Waals surface area contributed by atoms with Crippen molar-refractivity contribution >= 4 is 34.4 Å². The number of hydrogen-bond acceptors (Lipinski definition) is 1. The van der Waals surface area contributed by atoms with Crippen LogP contribution in [0.15, 0.2) is 17.0 Å². The molecule has 17 heavy (non-hydrogen) atoms. The minimum Gasteiger partial charge on any atom is -0.166 e. The minimum atomic E-state index is -4.65. The predicted molar refractivity (Wildman–Crippen MR) is 60.9 cm³/mol. The normalized spacial score (nSPS) is 12.9. The Labute approximate surface area is 111 Å². The highest BCUT2D eigenvalue weighted by Crippen LogP contribution is 2.43. The van der Waals surface area contributed by atoms with Gasteiger partial charge in [-0.25, -0.2) is 0 Å². The fraction of sp³-hybridized carbons (Fsp3) is 0.333. The van der Waals surface area contributed by atoms with Crippen LogP contribution in [0.1, 0.15) is 11.1 Å². The fourth-order valence-corrected chi connectivity index (χ4v) is 3.33. The van der Waals surface area contributed by atoms with E-state index in [9.17, 15) is 26.3 Å². The van der Waals surface area contributed by atoms with E-state index in [1.54, 1.807) is 0 Å². The van der Waals surface area contributed by atoms with Crippen molar-refractivity contribution in [3.05, 3.63) is 26.8 Å². The molecule has 0 amide bonds. The van der Waals surface area contributed by atoms with Crippen LogP contribution in [0.3, 0.4) is 0 Å². The zero-order valence-corrected chi connectivity index (χ0v) is 11.2. The minimum absolute atomic E-state index is 0.395. The Morgan fingerprint density at radius 2 is 1.35 bits per heavy atom. The highest BCUT2D eigenvalue weighted by molar-refractivity contribution is 14.1. The summed E-state index contributed by atoms with van der Waals surface area (Å²) in [6, 6.07) is 0.932. The van der Waals surface area contributed by atoms with E-state index in [4.69, 9.17) is 0 Å². The molecule has 0 atom stereocenters. The summed E-state index contributed by atoms with van der Waals surface area (Å²) in [5.41, 5.74) is -2.09. The maximum atomic E-state index is 12.5. The molecule has 0 aromatic heterocycles. The topological polar surface area (TPSA) is 0 Å². The summed E-state index contributed by atoms with van der Waals surface area (Å²) in [4.78, 5) is -0.395. The first-order valence-corrected chi connectivity index (χ1v) is 6.40. The first-order valence-electron chi connectivity index (χ1n) is 4.10. The van der Waals surface area contributed by atoms with Crippen LogP contribution in [0.4, 0.5) is 26.3 Å². The van der Waals surface area contributed by atoms with Crippen LogP contribution in [0.2, 0.25) is 0 Å². The number of benzene rings is 1. The second kappa shape index (κ2) is 4.87. The lowest BCUT2D eigenvalue weighted by molar-refractivity contribution is -0.143. The summed E-state index contributed by atoms with van der Waals surface area (Å²) in [6.07, 6.45) is -7.99. The molecule has 8 heteroatoms. The number of halogens is 7. The van der Waals surface area contributed by atoms with Crippen LogP contribution in [0, 0.1) is 3.57 Å². The lowest BCUT2D eigenvalue weighted by Crippen LogP contribution is -2.13. The van der Waals surface area contributed by atoms with Crippen molar-refractivity contribution in [2.45, 2.75) is 17.2 Å². The molecule has 0 bridgehead atoms. The molecule has 0 aliphatic carbocycles. The van der Waals surface area contributed by atoms with Crippen LogP contribution in [0.5, 0.6) is 0 Å². The molecule has 0 aliphatic heterocycles. The molecule has 0 saturated carbocycles. The van der Waals surface area contributed by atoms with E-state index < -0.39 is 31.9 Å². The molecule has 0 heterocycles. The summed E-state index contributed by atoms with van der Waals surface area (Å²) in [6.45, 7) is 0. The van der Waals surface area contributed by atoms with Gasteiger partial charge in [0, 0.05) is 8.47 Å². The van der Waals surface area contributed by atoms with Crippen molar-refractivity contribution in [1.29, 1.82) is 0 Å². The maximum Gasteiger partial charge on any atom is 0.417 e. The maximum absolute atomic E-state index is 12.5. The third kappa shape index (κ3) is 3.21. The summed E-state index contributed by atoms with van der Waals surface area (Å²) in [5.74, 6) is 0. The zero-order chi connectivity index (χ0) is 13.4. The molecule has 96 valence electrons. The van der Waals surface area contributed by atoms with Gasteiger partial charge >= 0.3 is 12.4 Å². The van der Waals surface area contributed by atoms with Crippen molar-refractivity contribution in [1.82, 2.24) is 0 Å². The third-order valence-corrected chi connectivity index (χ3v) is 4.23. The smallest absolute Gasteiger partial charge is 0.166 e. The summed E-state index contributed by atoms with van der Waals surface area (Å²) >= 11 is 1.94. The SMILES string of the molecule is CSc1c(C(F)(F)F)ccc(C(F)(F)F)c1I. The van der Waals surface area contributed by atoms with Crippen molar-refractivity contribution in [3.8, 4) is 0 Å². The predicted octanol–water partition coefficient (Wildman–Crippen LogP) is 5.05. The second-order valence-corrected chi connectivity index (χ2v) is 4.90. The van der Waals surface area contributed by atoms with Gasteiger partial charge in [-0.05, 0) is 41.0 Å². The molecule has 0 fully saturated rings. The van der Waals surface area contributed by atoms with Gasteiger partial charge in [0.05, 0.1) is 11.1 Å². The number of alkyl halides is 6. The number of rotatable bonds is 1. The van der Waals surface area contributed by atoms with Gasteiger partial charge in [0.2, 0.25) is 0 Å². The van der Waals surface area contributed by atoms with Gasteiger partial charge in [-0.15, -0.1) is 11.8 Å². The molecule has 0 saturated heterocycles.